The number of fused-ring (bicyclic) bond motifs is 3. The molecular weight excluding hydrogens is 444 g/mol. The summed E-state index contributed by atoms with van der Waals surface area (Å²) in [5.74, 6) is -0.595. The average Bonchev–Trinajstić information content (AvgIpc) is 3.63. The Morgan fingerprint density at radius 3 is 2.17 bits per heavy atom. The van der Waals surface area contributed by atoms with Crippen molar-refractivity contribution in [3.8, 4) is 11.1 Å². The molecule has 35 heavy (non-hydrogen) atoms. The fraction of sp³-hybridized carbons (Fsp3) is 0.464. The number of benzene rings is 2. The van der Waals surface area contributed by atoms with Crippen LogP contribution < -0.4 is 10.6 Å². The molecule has 186 valence electrons. The number of aliphatic carboxylic acids is 1. The molecule has 2 aromatic rings. The number of alkyl carbamates (subject to hydrolysis) is 1. The highest BCUT2D eigenvalue weighted by molar-refractivity contribution is 5.82. The second-order valence-corrected chi connectivity index (χ2v) is 10.3. The molecule has 1 unspecified atom stereocenters. The summed E-state index contributed by atoms with van der Waals surface area (Å²) < 4.78 is 5.56. The number of nitrogens with one attached hydrogen (secondary N) is 2. The van der Waals surface area contributed by atoms with Crippen molar-refractivity contribution in [2.45, 2.75) is 45.4 Å². The molecule has 0 spiro atoms. The molecule has 3 N–H and O–H groups in total. The Balaban J connectivity index is 1.22. The summed E-state index contributed by atoms with van der Waals surface area (Å²) in [6.45, 7) is 4.57. The van der Waals surface area contributed by atoms with Crippen LogP contribution in [-0.2, 0) is 14.3 Å². The summed E-state index contributed by atoms with van der Waals surface area (Å²) >= 11 is 0. The molecule has 4 rings (SSSR count). The molecule has 1 saturated carbocycles. The molecule has 1 atom stereocenters. The Morgan fingerprint density at radius 2 is 1.60 bits per heavy atom. The predicted octanol–water partition coefficient (Wildman–Crippen LogP) is 4.56. The fourth-order valence-corrected chi connectivity index (χ4v) is 4.90. The van der Waals surface area contributed by atoms with Crippen LogP contribution in [0.5, 0.6) is 0 Å². The zero-order chi connectivity index (χ0) is 25.0. The lowest BCUT2D eigenvalue weighted by atomic mass is 9.87. The third-order valence-corrected chi connectivity index (χ3v) is 7.23. The molecular formula is C28H34N2O5. The SMILES string of the molecule is CC(C)(CCNC(=O)OCC1c2ccccc2-c2ccccc21)C(=O)NCC(CC(=O)O)C1CC1. The quantitative estimate of drug-likeness (QED) is 0.439. The van der Waals surface area contributed by atoms with E-state index in [4.69, 9.17) is 9.84 Å². The second kappa shape index (κ2) is 10.5. The van der Waals surface area contributed by atoms with Gasteiger partial charge in [-0.25, -0.2) is 4.79 Å². The van der Waals surface area contributed by atoms with Gasteiger partial charge in [-0.1, -0.05) is 62.4 Å². The zero-order valence-electron chi connectivity index (χ0n) is 20.4. The van der Waals surface area contributed by atoms with Crippen LogP contribution in [0.1, 0.15) is 56.6 Å². The maximum absolute atomic E-state index is 12.7. The minimum absolute atomic E-state index is 0.000541. The van der Waals surface area contributed by atoms with Crippen LogP contribution in [-0.4, -0.2) is 42.8 Å². The molecule has 0 heterocycles. The summed E-state index contributed by atoms with van der Waals surface area (Å²) in [7, 11) is 0. The molecule has 0 bridgehead atoms. The van der Waals surface area contributed by atoms with Gasteiger partial charge in [-0.15, -0.1) is 0 Å². The molecule has 0 aromatic heterocycles. The second-order valence-electron chi connectivity index (χ2n) is 10.3. The molecule has 0 aliphatic heterocycles. The van der Waals surface area contributed by atoms with Crippen LogP contribution in [0.2, 0.25) is 0 Å². The Morgan fingerprint density at radius 1 is 1.00 bits per heavy atom. The van der Waals surface area contributed by atoms with Crippen molar-refractivity contribution in [3.63, 3.8) is 0 Å². The van der Waals surface area contributed by atoms with E-state index in [9.17, 15) is 14.4 Å². The Kier molecular flexibility index (Phi) is 7.43. The van der Waals surface area contributed by atoms with Crippen LogP contribution >= 0.6 is 0 Å². The van der Waals surface area contributed by atoms with Crippen LogP contribution in [0.4, 0.5) is 4.79 Å². The van der Waals surface area contributed by atoms with Gasteiger partial charge in [0.1, 0.15) is 6.61 Å². The van der Waals surface area contributed by atoms with E-state index in [0.29, 0.717) is 25.4 Å². The van der Waals surface area contributed by atoms with Crippen molar-refractivity contribution in [1.29, 1.82) is 0 Å². The fourth-order valence-electron chi connectivity index (χ4n) is 4.90. The Bertz CT molecular complexity index is 1050. The van der Waals surface area contributed by atoms with E-state index in [2.05, 4.69) is 34.9 Å². The molecule has 7 nitrogen and oxygen atoms in total. The van der Waals surface area contributed by atoms with Gasteiger partial charge in [0.25, 0.3) is 0 Å². The van der Waals surface area contributed by atoms with Gasteiger partial charge in [-0.05, 0) is 53.4 Å². The molecule has 2 aromatic carbocycles. The number of hydrogen-bond acceptors (Lipinski definition) is 4. The van der Waals surface area contributed by atoms with Crippen LogP contribution in [0.3, 0.4) is 0 Å². The molecule has 2 amide bonds. The maximum atomic E-state index is 12.7. The van der Waals surface area contributed by atoms with Gasteiger partial charge in [-0.3, -0.25) is 9.59 Å². The first-order chi connectivity index (χ1) is 16.8. The molecule has 0 saturated heterocycles. The van der Waals surface area contributed by atoms with E-state index in [1.807, 2.05) is 38.1 Å². The first-order valence-electron chi connectivity index (χ1n) is 12.3. The number of hydrogen-bond donors (Lipinski definition) is 3. The number of rotatable bonds is 11. The molecule has 1 fully saturated rings. The van der Waals surface area contributed by atoms with Crippen molar-refractivity contribution < 1.29 is 24.2 Å². The smallest absolute Gasteiger partial charge is 0.407 e. The first kappa shape index (κ1) is 24.8. The summed E-state index contributed by atoms with van der Waals surface area (Å²) in [6.07, 6.45) is 2.08. The number of carbonyl (C=O) groups excluding carboxylic acids is 2. The number of carboxylic acids is 1. The monoisotopic (exact) mass is 478 g/mol. The van der Waals surface area contributed by atoms with E-state index in [-0.39, 0.29) is 30.8 Å². The lowest BCUT2D eigenvalue weighted by Gasteiger charge is -2.25. The van der Waals surface area contributed by atoms with Crippen molar-refractivity contribution in [3.05, 3.63) is 59.7 Å². The number of carboxylic acid groups (broad SMARTS) is 1. The van der Waals surface area contributed by atoms with Crippen molar-refractivity contribution in [2.24, 2.45) is 17.3 Å². The topological polar surface area (TPSA) is 105 Å². The van der Waals surface area contributed by atoms with Crippen molar-refractivity contribution >= 4 is 18.0 Å². The average molecular weight is 479 g/mol. The van der Waals surface area contributed by atoms with E-state index < -0.39 is 17.5 Å². The highest BCUT2D eigenvalue weighted by Gasteiger charge is 2.34. The number of ether oxygens (including phenoxy) is 1. The summed E-state index contributed by atoms with van der Waals surface area (Å²) in [5, 5.41) is 14.8. The summed E-state index contributed by atoms with van der Waals surface area (Å²) in [6, 6.07) is 16.4. The third-order valence-electron chi connectivity index (χ3n) is 7.23. The van der Waals surface area contributed by atoms with Gasteiger partial charge in [0, 0.05) is 24.4 Å². The molecule has 2 aliphatic carbocycles. The van der Waals surface area contributed by atoms with E-state index >= 15 is 0 Å². The summed E-state index contributed by atoms with van der Waals surface area (Å²) in [5.41, 5.74) is 3.97. The zero-order valence-corrected chi connectivity index (χ0v) is 20.4. The van der Waals surface area contributed by atoms with Gasteiger partial charge in [-0.2, -0.15) is 0 Å². The lowest BCUT2D eigenvalue weighted by Crippen LogP contribution is -2.42. The molecule has 2 aliphatic rings. The van der Waals surface area contributed by atoms with E-state index in [1.54, 1.807) is 0 Å². The van der Waals surface area contributed by atoms with Gasteiger partial charge >= 0.3 is 12.1 Å². The standard InChI is InChI=1S/C28H34N2O5/c1-28(2,26(33)30-16-19(15-25(31)32)18-11-12-18)13-14-29-27(34)35-17-24-22-9-5-3-7-20(22)21-8-4-6-10-23(21)24/h3-10,18-19,24H,11-17H2,1-2H3,(H,29,34)(H,30,33)(H,31,32). The van der Waals surface area contributed by atoms with Crippen molar-refractivity contribution in [2.75, 3.05) is 19.7 Å². The largest absolute Gasteiger partial charge is 0.481 e. The van der Waals surface area contributed by atoms with Crippen LogP contribution in [0, 0.1) is 17.3 Å². The van der Waals surface area contributed by atoms with Crippen molar-refractivity contribution in [1.82, 2.24) is 10.6 Å². The van der Waals surface area contributed by atoms with E-state index in [0.717, 1.165) is 24.0 Å². The molecule has 7 heteroatoms. The minimum Gasteiger partial charge on any atom is -0.481 e. The van der Waals surface area contributed by atoms with Crippen LogP contribution in [0.25, 0.3) is 11.1 Å². The predicted molar refractivity (Wildman–Crippen MR) is 133 cm³/mol. The van der Waals surface area contributed by atoms with Gasteiger partial charge in [0.2, 0.25) is 5.91 Å². The first-order valence-corrected chi connectivity index (χ1v) is 12.3. The number of amides is 2. The Labute approximate surface area is 206 Å². The highest BCUT2D eigenvalue weighted by atomic mass is 16.5. The van der Waals surface area contributed by atoms with Gasteiger partial charge < -0.3 is 20.5 Å². The Hall–Kier alpha value is -3.35. The highest BCUT2D eigenvalue weighted by Crippen LogP contribution is 2.44. The summed E-state index contributed by atoms with van der Waals surface area (Å²) in [4.78, 5) is 36.2. The maximum Gasteiger partial charge on any atom is 0.407 e. The third kappa shape index (κ3) is 6.02. The lowest BCUT2D eigenvalue weighted by molar-refractivity contribution is -0.138. The van der Waals surface area contributed by atoms with Gasteiger partial charge in [0.15, 0.2) is 0 Å². The normalized spacial score (nSPS) is 15.6. The van der Waals surface area contributed by atoms with Gasteiger partial charge in [0.05, 0.1) is 6.42 Å². The number of carbonyl (C=O) groups is 3. The minimum atomic E-state index is -0.831. The molecule has 0 radical (unpaired) electrons. The van der Waals surface area contributed by atoms with E-state index in [1.165, 1.54) is 11.1 Å². The van der Waals surface area contributed by atoms with Crippen LogP contribution in [0.15, 0.2) is 48.5 Å².